The Kier molecular flexibility index (Phi) is 18.4. The Morgan fingerprint density at radius 2 is 1.02 bits per heavy atom. The third-order valence-corrected chi connectivity index (χ3v) is 15.1. The highest BCUT2D eigenvalue weighted by Crippen LogP contribution is 2.28. The summed E-state index contributed by atoms with van der Waals surface area (Å²) in [5, 5.41) is 10.6. The van der Waals surface area contributed by atoms with E-state index in [4.69, 9.17) is 56.9 Å². The molecule has 0 fully saturated rings. The first-order valence-electron chi connectivity index (χ1n) is 26.7. The summed E-state index contributed by atoms with van der Waals surface area (Å²) in [7, 11) is 2.78. The van der Waals surface area contributed by atoms with Crippen LogP contribution < -0.4 is 11.1 Å². The molecular formula is C67H55Cl4N9O5. The summed E-state index contributed by atoms with van der Waals surface area (Å²) in [5.41, 5.74) is 19.4. The monoisotopic (exact) mass is 1210 g/mol. The Labute approximate surface area is 509 Å². The van der Waals surface area contributed by atoms with Crippen molar-refractivity contribution in [3.8, 4) is 0 Å². The zero-order valence-corrected chi connectivity index (χ0v) is 49.6. The number of aromatic nitrogens is 7. The van der Waals surface area contributed by atoms with Crippen molar-refractivity contribution in [3.63, 3.8) is 0 Å². The number of esters is 2. The van der Waals surface area contributed by atoms with Crippen LogP contribution in [0.25, 0.3) is 65.4 Å². The summed E-state index contributed by atoms with van der Waals surface area (Å²) < 4.78 is 13.7. The molecule has 0 radical (unpaired) electrons. The van der Waals surface area contributed by atoms with Crippen LogP contribution in [-0.4, -0.2) is 66.1 Å². The SMILES string of the molecule is COC(=O)c1c[nH]c2ccccc12.COC(=O)c1cn(Cc2ccc3ncc(Cl)cc3c2)c2ccccc12.Cc1cc(N)nc(C)c1CNC(=O)c1cn(Cc2ccc3ncc(Cl)cc3c2)c2ccccc12.ClCc1ccc2ncc(Cl)cc2c1. The third-order valence-electron chi connectivity index (χ3n) is 14.2. The van der Waals surface area contributed by atoms with Crippen molar-refractivity contribution in [3.05, 3.63) is 254 Å². The molecule has 6 aromatic carbocycles. The molecular weight excluding hydrogens is 1150 g/mol. The minimum absolute atomic E-state index is 0.125. The number of nitrogen functional groups attached to an aromatic ring is 1. The summed E-state index contributed by atoms with van der Waals surface area (Å²) in [5.74, 6) is 0.240. The van der Waals surface area contributed by atoms with E-state index < -0.39 is 0 Å². The van der Waals surface area contributed by atoms with E-state index in [1.807, 2.05) is 160 Å². The van der Waals surface area contributed by atoms with Crippen molar-refractivity contribution >= 4 is 135 Å². The number of anilines is 1. The maximum atomic E-state index is 13.2. The van der Waals surface area contributed by atoms with E-state index in [9.17, 15) is 14.4 Å². The van der Waals surface area contributed by atoms with Gasteiger partial charge in [-0.25, -0.2) is 14.6 Å². The first-order valence-corrected chi connectivity index (χ1v) is 28.4. The molecule has 14 nitrogen and oxygen atoms in total. The number of aryl methyl sites for hydroxylation is 2. The quantitative estimate of drug-likeness (QED) is 0.0879. The highest BCUT2D eigenvalue weighted by molar-refractivity contribution is 6.31. The molecule has 85 heavy (non-hydrogen) atoms. The Morgan fingerprint density at radius 3 is 1.54 bits per heavy atom. The Hall–Kier alpha value is -9.31. The normalized spacial score (nSPS) is 11.0. The number of nitrogens with zero attached hydrogens (tertiary/aromatic N) is 6. The number of aromatic amines is 1. The van der Waals surface area contributed by atoms with Gasteiger partial charge < -0.3 is 34.6 Å². The molecule has 7 aromatic heterocycles. The van der Waals surface area contributed by atoms with Crippen molar-refractivity contribution < 1.29 is 23.9 Å². The number of pyridine rings is 4. The lowest BCUT2D eigenvalue weighted by Crippen LogP contribution is -2.24. The van der Waals surface area contributed by atoms with Gasteiger partial charge in [-0.15, -0.1) is 11.6 Å². The predicted octanol–water partition coefficient (Wildman–Crippen LogP) is 15.7. The smallest absolute Gasteiger partial charge is 0.340 e. The van der Waals surface area contributed by atoms with Gasteiger partial charge in [0.15, 0.2) is 0 Å². The fraction of sp³-hybridized carbons (Fsp3) is 0.119. The molecule has 0 spiro atoms. The van der Waals surface area contributed by atoms with E-state index in [0.717, 1.165) is 98.9 Å². The second-order valence-corrected chi connectivity index (χ2v) is 21.5. The predicted molar refractivity (Wildman–Crippen MR) is 342 cm³/mol. The Balaban J connectivity index is 0.000000137. The number of methoxy groups -OCH3 is 2. The molecule has 0 aliphatic carbocycles. The van der Waals surface area contributed by atoms with Crippen LogP contribution in [0.1, 0.15) is 64.6 Å². The van der Waals surface area contributed by atoms with Crippen LogP contribution in [0.3, 0.4) is 0 Å². The maximum Gasteiger partial charge on any atom is 0.340 e. The molecule has 7 heterocycles. The molecule has 13 aromatic rings. The van der Waals surface area contributed by atoms with E-state index in [1.54, 1.807) is 24.8 Å². The molecule has 0 saturated heterocycles. The topological polar surface area (TPSA) is 185 Å². The molecule has 4 N–H and O–H groups in total. The Bertz CT molecular complexity index is 4610. The summed E-state index contributed by atoms with van der Waals surface area (Å²) in [6.45, 7) is 5.53. The van der Waals surface area contributed by atoms with Crippen LogP contribution in [0.5, 0.6) is 0 Å². The standard InChI is InChI=1S/C27H24ClN5O.C20H15ClN2O2.C10H7Cl2N.C10H9NO2/c1-16-9-26(29)32-17(2)22(16)13-31-27(34)23-15-33(25-6-4-3-5-21(23)25)14-18-7-8-24-19(10-18)11-20(28)12-30-24;1-25-20(24)17-12-23(19-5-3-2-4-16(17)19)11-13-6-7-18-14(8-13)9-15(21)10-22-18;11-5-7-1-2-10-8(3-7)4-9(12)6-13-10;1-13-10(12)8-6-11-9-5-3-2-4-7(8)9/h3-12,15H,13-14H2,1-2H3,(H2,29,32)(H,31,34);2-10,12H,11H2,1H3;1-4,6H,5H2;2-6,11H,1H3. The molecule has 0 atom stereocenters. The lowest BCUT2D eigenvalue weighted by Gasteiger charge is -2.11. The first kappa shape index (κ1) is 58.9. The minimum atomic E-state index is -0.329. The first-order chi connectivity index (χ1) is 41.2. The number of carbonyl (C=O) groups excluding carboxylic acids is 3. The largest absolute Gasteiger partial charge is 0.465 e. The number of rotatable bonds is 10. The number of halogens is 4. The van der Waals surface area contributed by atoms with Crippen LogP contribution >= 0.6 is 46.4 Å². The van der Waals surface area contributed by atoms with E-state index in [2.05, 4.69) is 62.3 Å². The van der Waals surface area contributed by atoms with Crippen molar-refractivity contribution in [2.45, 2.75) is 39.4 Å². The highest BCUT2D eigenvalue weighted by atomic mass is 35.5. The number of hydrogen-bond acceptors (Lipinski definition) is 10. The number of benzene rings is 6. The van der Waals surface area contributed by atoms with Crippen LogP contribution in [0.15, 0.2) is 189 Å². The lowest BCUT2D eigenvalue weighted by molar-refractivity contribution is 0.0594. The zero-order chi connectivity index (χ0) is 59.7. The summed E-state index contributed by atoms with van der Waals surface area (Å²) >= 11 is 23.7. The molecule has 0 aliphatic rings. The van der Waals surface area contributed by atoms with Crippen LogP contribution in [0.2, 0.25) is 15.1 Å². The average molecular weight is 1210 g/mol. The number of para-hydroxylation sites is 3. The van der Waals surface area contributed by atoms with Gasteiger partial charge in [-0.1, -0.05) is 108 Å². The van der Waals surface area contributed by atoms with E-state index >= 15 is 0 Å². The van der Waals surface area contributed by atoms with Crippen molar-refractivity contribution in [2.24, 2.45) is 0 Å². The van der Waals surface area contributed by atoms with Gasteiger partial charge in [0.05, 0.1) is 62.5 Å². The lowest BCUT2D eigenvalue weighted by atomic mass is 10.1. The number of carbonyl (C=O) groups is 3. The van der Waals surface area contributed by atoms with Crippen molar-refractivity contribution in [1.29, 1.82) is 0 Å². The van der Waals surface area contributed by atoms with Crippen LogP contribution in [0.4, 0.5) is 5.82 Å². The van der Waals surface area contributed by atoms with E-state index in [-0.39, 0.29) is 17.8 Å². The van der Waals surface area contributed by atoms with Gasteiger partial charge >= 0.3 is 11.9 Å². The van der Waals surface area contributed by atoms with E-state index in [0.29, 0.717) is 63.1 Å². The fourth-order valence-electron chi connectivity index (χ4n) is 10.1. The number of hydrogen-bond donors (Lipinski definition) is 3. The molecule has 426 valence electrons. The molecule has 0 bridgehead atoms. The number of nitrogens with two attached hydrogens (primary N) is 1. The van der Waals surface area contributed by atoms with Crippen LogP contribution in [-0.2, 0) is 35.0 Å². The summed E-state index contributed by atoms with van der Waals surface area (Å²) in [6.07, 6.45) is 10.4. The average Bonchev–Trinajstić information content (AvgIpc) is 3.61. The molecule has 0 unspecified atom stereocenters. The number of fused-ring (bicyclic) bond motifs is 6. The number of alkyl halides is 1. The second kappa shape index (κ2) is 26.5. The third kappa shape index (κ3) is 13.7. The summed E-state index contributed by atoms with van der Waals surface area (Å²) in [4.78, 5) is 56.7. The number of amides is 1. The van der Waals surface area contributed by atoms with Crippen molar-refractivity contribution in [2.75, 3.05) is 20.0 Å². The van der Waals surface area contributed by atoms with Gasteiger partial charge in [0, 0.05) is 117 Å². The molecule has 0 saturated carbocycles. The Morgan fingerprint density at radius 1 is 0.565 bits per heavy atom. The second-order valence-electron chi connectivity index (χ2n) is 19.9. The molecule has 13 rings (SSSR count). The molecule has 0 aliphatic heterocycles. The van der Waals surface area contributed by atoms with Gasteiger partial charge in [-0.2, -0.15) is 0 Å². The maximum absolute atomic E-state index is 13.2. The van der Waals surface area contributed by atoms with Gasteiger partial charge in [-0.3, -0.25) is 19.7 Å². The van der Waals surface area contributed by atoms with E-state index in [1.165, 1.54) is 14.2 Å². The van der Waals surface area contributed by atoms with Gasteiger partial charge in [0.1, 0.15) is 5.82 Å². The van der Waals surface area contributed by atoms with Gasteiger partial charge in [-0.05, 0) is 121 Å². The van der Waals surface area contributed by atoms with Gasteiger partial charge in [0.25, 0.3) is 5.91 Å². The van der Waals surface area contributed by atoms with Crippen molar-refractivity contribution in [1.82, 2.24) is 39.4 Å². The molecule has 1 amide bonds. The number of H-pyrrole nitrogens is 1. The van der Waals surface area contributed by atoms with Gasteiger partial charge in [0.2, 0.25) is 0 Å². The summed E-state index contributed by atoms with van der Waals surface area (Å²) in [6, 6.07) is 49.0. The fourth-order valence-corrected chi connectivity index (χ4v) is 10.8. The molecule has 18 heteroatoms. The number of nitrogens with one attached hydrogen (secondary N) is 2. The van der Waals surface area contributed by atoms with Crippen LogP contribution in [0, 0.1) is 13.8 Å². The minimum Gasteiger partial charge on any atom is -0.465 e. The highest BCUT2D eigenvalue weighted by Gasteiger charge is 2.18. The zero-order valence-electron chi connectivity index (χ0n) is 46.5. The number of ether oxygens (including phenoxy) is 2.